The molecule has 2 unspecified atom stereocenters. The monoisotopic (exact) mass is 223 g/mol. The third-order valence-electron chi connectivity index (χ3n) is 3.48. The molecule has 1 heterocycles. The van der Waals surface area contributed by atoms with Gasteiger partial charge in [-0.1, -0.05) is 13.8 Å². The van der Waals surface area contributed by atoms with Crippen LogP contribution < -0.4 is 5.32 Å². The SMILES string of the molecule is CNC(C)C(CCc1cnn(C)c1)C(C)C. The van der Waals surface area contributed by atoms with Crippen molar-refractivity contribution in [2.75, 3.05) is 7.05 Å². The van der Waals surface area contributed by atoms with Crippen LogP contribution in [0.2, 0.25) is 0 Å². The van der Waals surface area contributed by atoms with Crippen molar-refractivity contribution < 1.29 is 0 Å². The van der Waals surface area contributed by atoms with Crippen LogP contribution in [-0.2, 0) is 13.5 Å². The van der Waals surface area contributed by atoms with E-state index in [1.807, 2.05) is 25.0 Å². The summed E-state index contributed by atoms with van der Waals surface area (Å²) in [5.41, 5.74) is 1.34. The molecule has 0 aromatic carbocycles. The summed E-state index contributed by atoms with van der Waals surface area (Å²) in [5.74, 6) is 1.45. The van der Waals surface area contributed by atoms with Crippen molar-refractivity contribution in [2.45, 2.75) is 39.7 Å². The molecule has 0 aliphatic carbocycles. The van der Waals surface area contributed by atoms with E-state index in [1.165, 1.54) is 12.0 Å². The number of hydrogen-bond donors (Lipinski definition) is 1. The van der Waals surface area contributed by atoms with Crippen LogP contribution in [0.5, 0.6) is 0 Å². The van der Waals surface area contributed by atoms with E-state index in [0.29, 0.717) is 6.04 Å². The van der Waals surface area contributed by atoms with Gasteiger partial charge in [-0.3, -0.25) is 4.68 Å². The van der Waals surface area contributed by atoms with Crippen molar-refractivity contribution in [1.29, 1.82) is 0 Å². The van der Waals surface area contributed by atoms with Crippen molar-refractivity contribution in [1.82, 2.24) is 15.1 Å². The first-order valence-corrected chi connectivity index (χ1v) is 6.19. The highest BCUT2D eigenvalue weighted by molar-refractivity contribution is 5.03. The van der Waals surface area contributed by atoms with Gasteiger partial charge in [0.2, 0.25) is 0 Å². The molecule has 1 aromatic rings. The Hall–Kier alpha value is -0.830. The highest BCUT2D eigenvalue weighted by Crippen LogP contribution is 2.21. The van der Waals surface area contributed by atoms with Gasteiger partial charge in [0.15, 0.2) is 0 Å². The standard InChI is InChI=1S/C13H25N3/c1-10(2)13(11(3)14-4)7-6-12-8-15-16(5)9-12/h8-11,13-14H,6-7H2,1-5H3. The molecule has 0 amide bonds. The van der Waals surface area contributed by atoms with E-state index < -0.39 is 0 Å². The Labute approximate surface area is 99.2 Å². The molecule has 0 radical (unpaired) electrons. The second-order valence-electron chi connectivity index (χ2n) is 5.05. The van der Waals surface area contributed by atoms with Gasteiger partial charge < -0.3 is 5.32 Å². The number of hydrogen-bond acceptors (Lipinski definition) is 2. The molecular weight excluding hydrogens is 198 g/mol. The van der Waals surface area contributed by atoms with Crippen LogP contribution in [-0.4, -0.2) is 22.9 Å². The van der Waals surface area contributed by atoms with Crippen LogP contribution in [0, 0.1) is 11.8 Å². The third-order valence-corrected chi connectivity index (χ3v) is 3.48. The van der Waals surface area contributed by atoms with Crippen molar-refractivity contribution in [3.8, 4) is 0 Å². The summed E-state index contributed by atoms with van der Waals surface area (Å²) >= 11 is 0. The molecule has 0 aliphatic heterocycles. The second-order valence-corrected chi connectivity index (χ2v) is 5.05. The summed E-state index contributed by atoms with van der Waals surface area (Å²) in [6.45, 7) is 6.89. The highest BCUT2D eigenvalue weighted by Gasteiger charge is 2.19. The van der Waals surface area contributed by atoms with Crippen molar-refractivity contribution in [2.24, 2.45) is 18.9 Å². The summed E-state index contributed by atoms with van der Waals surface area (Å²) < 4.78 is 1.88. The lowest BCUT2D eigenvalue weighted by Gasteiger charge is -2.27. The predicted molar refractivity (Wildman–Crippen MR) is 68.4 cm³/mol. The lowest BCUT2D eigenvalue weighted by molar-refractivity contribution is 0.284. The first-order valence-electron chi connectivity index (χ1n) is 6.19. The van der Waals surface area contributed by atoms with Gasteiger partial charge in [0.25, 0.3) is 0 Å². The summed E-state index contributed by atoms with van der Waals surface area (Å²) in [6, 6.07) is 0.580. The third kappa shape index (κ3) is 3.63. The van der Waals surface area contributed by atoms with E-state index in [-0.39, 0.29) is 0 Å². The number of rotatable bonds is 6. The van der Waals surface area contributed by atoms with Crippen LogP contribution in [0.25, 0.3) is 0 Å². The minimum absolute atomic E-state index is 0.580. The minimum Gasteiger partial charge on any atom is -0.317 e. The molecule has 16 heavy (non-hydrogen) atoms. The van der Waals surface area contributed by atoms with Gasteiger partial charge >= 0.3 is 0 Å². The Bertz CT molecular complexity index is 304. The van der Waals surface area contributed by atoms with Crippen LogP contribution in [0.15, 0.2) is 12.4 Å². The van der Waals surface area contributed by atoms with Gasteiger partial charge in [0.05, 0.1) is 6.20 Å². The molecule has 92 valence electrons. The Morgan fingerprint density at radius 2 is 2.06 bits per heavy atom. The maximum absolute atomic E-state index is 4.21. The minimum atomic E-state index is 0.580. The summed E-state index contributed by atoms with van der Waals surface area (Å²) in [5, 5.41) is 7.57. The van der Waals surface area contributed by atoms with Gasteiger partial charge in [-0.15, -0.1) is 0 Å². The smallest absolute Gasteiger partial charge is 0.0521 e. The van der Waals surface area contributed by atoms with E-state index in [2.05, 4.69) is 37.4 Å². The Kier molecular flexibility index (Phi) is 5.00. The molecule has 0 saturated carbocycles. The molecule has 1 N–H and O–H groups in total. The fraction of sp³-hybridized carbons (Fsp3) is 0.769. The zero-order valence-electron chi connectivity index (χ0n) is 11.2. The summed E-state index contributed by atoms with van der Waals surface area (Å²) in [4.78, 5) is 0. The van der Waals surface area contributed by atoms with Crippen molar-refractivity contribution in [3.05, 3.63) is 18.0 Å². The average Bonchev–Trinajstić information content (AvgIpc) is 2.63. The molecule has 0 bridgehead atoms. The number of nitrogens with one attached hydrogen (secondary N) is 1. The summed E-state index contributed by atoms with van der Waals surface area (Å²) in [7, 11) is 4.02. The van der Waals surface area contributed by atoms with Crippen LogP contribution in [0.3, 0.4) is 0 Å². The molecular formula is C13H25N3. The lowest BCUT2D eigenvalue weighted by Crippen LogP contribution is -2.33. The number of nitrogens with zero attached hydrogens (tertiary/aromatic N) is 2. The molecule has 0 spiro atoms. The molecule has 0 fully saturated rings. The maximum Gasteiger partial charge on any atom is 0.0521 e. The van der Waals surface area contributed by atoms with Crippen molar-refractivity contribution in [3.63, 3.8) is 0 Å². The number of aryl methyl sites for hydroxylation is 2. The largest absolute Gasteiger partial charge is 0.317 e. The van der Waals surface area contributed by atoms with E-state index in [0.717, 1.165) is 18.3 Å². The Balaban J connectivity index is 2.50. The molecule has 3 nitrogen and oxygen atoms in total. The summed E-state index contributed by atoms with van der Waals surface area (Å²) in [6.07, 6.45) is 6.44. The van der Waals surface area contributed by atoms with Gasteiger partial charge in [0, 0.05) is 19.3 Å². The Morgan fingerprint density at radius 1 is 1.38 bits per heavy atom. The highest BCUT2D eigenvalue weighted by atomic mass is 15.2. The van der Waals surface area contributed by atoms with E-state index in [9.17, 15) is 0 Å². The number of aromatic nitrogens is 2. The van der Waals surface area contributed by atoms with Gasteiger partial charge in [-0.2, -0.15) is 5.10 Å². The van der Waals surface area contributed by atoms with Gasteiger partial charge in [0.1, 0.15) is 0 Å². The van der Waals surface area contributed by atoms with Gasteiger partial charge in [-0.25, -0.2) is 0 Å². The normalized spacial score (nSPS) is 15.4. The van der Waals surface area contributed by atoms with Crippen LogP contribution >= 0.6 is 0 Å². The topological polar surface area (TPSA) is 29.9 Å². The van der Waals surface area contributed by atoms with Gasteiger partial charge in [-0.05, 0) is 44.2 Å². The molecule has 1 rings (SSSR count). The molecule has 1 aromatic heterocycles. The molecule has 0 saturated heterocycles. The predicted octanol–water partition coefficient (Wildman–Crippen LogP) is 2.23. The fourth-order valence-corrected chi connectivity index (χ4v) is 2.31. The van der Waals surface area contributed by atoms with Crippen LogP contribution in [0.1, 0.15) is 32.8 Å². The maximum atomic E-state index is 4.21. The zero-order chi connectivity index (χ0) is 12.1. The quantitative estimate of drug-likeness (QED) is 0.801. The molecule has 2 atom stereocenters. The molecule has 3 heteroatoms. The van der Waals surface area contributed by atoms with E-state index >= 15 is 0 Å². The molecule has 0 aliphatic rings. The Morgan fingerprint density at radius 3 is 2.50 bits per heavy atom. The first kappa shape index (κ1) is 13.2. The van der Waals surface area contributed by atoms with Crippen molar-refractivity contribution >= 4 is 0 Å². The van der Waals surface area contributed by atoms with Crippen LogP contribution in [0.4, 0.5) is 0 Å². The lowest BCUT2D eigenvalue weighted by atomic mass is 9.85. The average molecular weight is 223 g/mol. The van der Waals surface area contributed by atoms with E-state index in [1.54, 1.807) is 0 Å². The second kappa shape index (κ2) is 6.04. The zero-order valence-corrected chi connectivity index (χ0v) is 11.2. The fourth-order valence-electron chi connectivity index (χ4n) is 2.31. The first-order chi connectivity index (χ1) is 7.54. The van der Waals surface area contributed by atoms with E-state index in [4.69, 9.17) is 0 Å².